The van der Waals surface area contributed by atoms with Crippen molar-refractivity contribution in [2.75, 3.05) is 27.2 Å². The SMILES string of the molecule is CCOc1cc(C(Cc2ccc(C(=N)N)cc2)c2nn(-c3ccccc3C(N)=O)c(=O)[nH]2)ccc1OC(C)CN(C)C. The number of nitrogens with one attached hydrogen (secondary N) is 2. The van der Waals surface area contributed by atoms with Crippen molar-refractivity contribution < 1.29 is 14.3 Å². The van der Waals surface area contributed by atoms with E-state index in [1.807, 2.05) is 58.3 Å². The first-order valence-electron chi connectivity index (χ1n) is 13.7. The molecule has 0 saturated carbocycles. The number of nitrogens with zero attached hydrogens (tertiary/aromatic N) is 3. The highest BCUT2D eigenvalue weighted by Gasteiger charge is 2.24. The molecule has 0 fully saturated rings. The lowest BCUT2D eigenvalue weighted by molar-refractivity contribution is 0.1000. The molecule has 4 rings (SSSR count). The molecule has 3 aromatic carbocycles. The molecule has 0 aliphatic heterocycles. The molecular formula is C31H37N7O4. The highest BCUT2D eigenvalue weighted by molar-refractivity contribution is 5.96. The fourth-order valence-electron chi connectivity index (χ4n) is 4.83. The molecule has 0 radical (unpaired) electrons. The van der Waals surface area contributed by atoms with Gasteiger partial charge < -0.3 is 25.8 Å². The highest BCUT2D eigenvalue weighted by atomic mass is 16.5. The minimum Gasteiger partial charge on any atom is -0.490 e. The number of rotatable bonds is 13. The summed E-state index contributed by atoms with van der Waals surface area (Å²) in [5, 5.41) is 12.3. The van der Waals surface area contributed by atoms with Gasteiger partial charge in [0.1, 0.15) is 17.8 Å². The number of amides is 1. The molecule has 0 aliphatic rings. The number of para-hydroxylation sites is 1. The second kappa shape index (κ2) is 13.2. The predicted molar refractivity (Wildman–Crippen MR) is 162 cm³/mol. The van der Waals surface area contributed by atoms with Gasteiger partial charge in [0.25, 0.3) is 5.91 Å². The van der Waals surface area contributed by atoms with Gasteiger partial charge in [0.15, 0.2) is 11.5 Å². The molecule has 1 aromatic heterocycles. The van der Waals surface area contributed by atoms with Crippen molar-refractivity contribution in [3.8, 4) is 17.2 Å². The summed E-state index contributed by atoms with van der Waals surface area (Å²) in [5.41, 5.74) is 13.6. The Hall–Kier alpha value is -4.90. The third-order valence-corrected chi connectivity index (χ3v) is 6.69. The summed E-state index contributed by atoms with van der Waals surface area (Å²) in [6.45, 7) is 5.08. The van der Waals surface area contributed by atoms with Gasteiger partial charge in [0.05, 0.1) is 17.9 Å². The molecule has 11 heteroatoms. The van der Waals surface area contributed by atoms with Crippen molar-refractivity contribution in [3.05, 3.63) is 105 Å². The second-order valence-corrected chi connectivity index (χ2v) is 10.3. The molecule has 1 amide bonds. The molecule has 6 N–H and O–H groups in total. The summed E-state index contributed by atoms with van der Waals surface area (Å²) in [6, 6.07) is 19.6. The number of amidine groups is 1. The van der Waals surface area contributed by atoms with Crippen molar-refractivity contribution >= 4 is 11.7 Å². The zero-order valence-corrected chi connectivity index (χ0v) is 24.3. The lowest BCUT2D eigenvalue weighted by atomic mass is 9.90. The van der Waals surface area contributed by atoms with E-state index in [2.05, 4.69) is 15.0 Å². The van der Waals surface area contributed by atoms with Gasteiger partial charge >= 0.3 is 5.69 Å². The molecule has 42 heavy (non-hydrogen) atoms. The van der Waals surface area contributed by atoms with E-state index in [1.165, 1.54) is 0 Å². The molecule has 0 bridgehead atoms. The summed E-state index contributed by atoms with van der Waals surface area (Å²) in [5.74, 6) is 0.508. The minimum atomic E-state index is -0.662. The smallest absolute Gasteiger partial charge is 0.348 e. The second-order valence-electron chi connectivity index (χ2n) is 10.3. The number of carbonyl (C=O) groups excluding carboxylic acids is 1. The van der Waals surface area contributed by atoms with Gasteiger partial charge in [0, 0.05) is 18.0 Å². The van der Waals surface area contributed by atoms with Gasteiger partial charge in [-0.15, -0.1) is 5.10 Å². The van der Waals surface area contributed by atoms with Crippen LogP contribution in [-0.2, 0) is 6.42 Å². The van der Waals surface area contributed by atoms with Gasteiger partial charge in [0.2, 0.25) is 0 Å². The number of benzene rings is 3. The molecule has 11 nitrogen and oxygen atoms in total. The van der Waals surface area contributed by atoms with Gasteiger partial charge in [-0.1, -0.05) is 42.5 Å². The average Bonchev–Trinajstić information content (AvgIpc) is 3.33. The molecule has 2 unspecified atom stereocenters. The quantitative estimate of drug-likeness (QED) is 0.141. The van der Waals surface area contributed by atoms with Crippen LogP contribution in [0.15, 0.2) is 71.5 Å². The average molecular weight is 572 g/mol. The van der Waals surface area contributed by atoms with Crippen molar-refractivity contribution in [2.45, 2.75) is 32.3 Å². The Morgan fingerprint density at radius 1 is 1.07 bits per heavy atom. The first kappa shape index (κ1) is 30.1. The zero-order valence-electron chi connectivity index (χ0n) is 24.3. The van der Waals surface area contributed by atoms with Crippen LogP contribution in [0.4, 0.5) is 0 Å². The van der Waals surface area contributed by atoms with Gasteiger partial charge in [-0.3, -0.25) is 15.2 Å². The summed E-state index contributed by atoms with van der Waals surface area (Å²) < 4.78 is 13.3. The fourth-order valence-corrected chi connectivity index (χ4v) is 4.83. The van der Waals surface area contributed by atoms with Gasteiger partial charge in [-0.25, -0.2) is 4.79 Å². The maximum absolute atomic E-state index is 13.2. The van der Waals surface area contributed by atoms with Gasteiger partial charge in [-0.2, -0.15) is 4.68 Å². The van der Waals surface area contributed by atoms with Gasteiger partial charge in [-0.05, 0) is 69.8 Å². The topological polar surface area (TPSA) is 165 Å². The number of ether oxygens (including phenoxy) is 2. The minimum absolute atomic E-state index is 0.0188. The molecule has 220 valence electrons. The number of aromatic nitrogens is 3. The van der Waals surface area contributed by atoms with Crippen LogP contribution in [0.25, 0.3) is 5.69 Å². The molecule has 0 saturated heterocycles. The first-order chi connectivity index (χ1) is 20.1. The fraction of sp³-hybridized carbons (Fsp3) is 0.290. The van der Waals surface area contributed by atoms with Crippen LogP contribution in [-0.4, -0.2) is 64.8 Å². The van der Waals surface area contributed by atoms with E-state index in [0.717, 1.165) is 22.4 Å². The van der Waals surface area contributed by atoms with Crippen molar-refractivity contribution in [2.24, 2.45) is 11.5 Å². The summed E-state index contributed by atoms with van der Waals surface area (Å²) in [4.78, 5) is 30.2. The molecular weight excluding hydrogens is 534 g/mol. The number of hydrogen-bond donors (Lipinski definition) is 4. The Kier molecular flexibility index (Phi) is 9.43. The molecule has 0 aliphatic carbocycles. The van der Waals surface area contributed by atoms with Crippen LogP contribution >= 0.6 is 0 Å². The Morgan fingerprint density at radius 2 is 1.79 bits per heavy atom. The van der Waals surface area contributed by atoms with E-state index in [1.54, 1.807) is 36.4 Å². The van der Waals surface area contributed by atoms with Crippen molar-refractivity contribution in [1.82, 2.24) is 19.7 Å². The summed E-state index contributed by atoms with van der Waals surface area (Å²) >= 11 is 0. The number of primary amides is 1. The van der Waals surface area contributed by atoms with Crippen LogP contribution in [0.5, 0.6) is 11.5 Å². The number of carbonyl (C=O) groups is 1. The molecule has 0 spiro atoms. The first-order valence-corrected chi connectivity index (χ1v) is 13.7. The standard InChI is InChI=1S/C31H37N7O4/c1-5-41-27-17-22(14-15-26(27)42-19(2)18-37(3)4)24(16-20-10-12-21(13-11-20)28(32)33)30-35-31(40)38(36-30)25-9-7-6-8-23(25)29(34)39/h6-15,17,19,24H,5,16,18H2,1-4H3,(H3,32,33)(H2,34,39)(H,35,36,40). The molecule has 4 aromatic rings. The number of aromatic amines is 1. The van der Waals surface area contributed by atoms with Crippen LogP contribution < -0.4 is 26.6 Å². The van der Waals surface area contributed by atoms with E-state index in [9.17, 15) is 9.59 Å². The van der Waals surface area contributed by atoms with E-state index in [0.29, 0.717) is 35.9 Å². The van der Waals surface area contributed by atoms with E-state index < -0.39 is 17.5 Å². The monoisotopic (exact) mass is 571 g/mol. The largest absolute Gasteiger partial charge is 0.490 e. The Labute approximate surface area is 244 Å². The lowest BCUT2D eigenvalue weighted by Gasteiger charge is -2.22. The number of nitrogens with two attached hydrogens (primary N) is 2. The van der Waals surface area contributed by atoms with E-state index >= 15 is 0 Å². The number of H-pyrrole nitrogens is 1. The summed E-state index contributed by atoms with van der Waals surface area (Å²) in [6.07, 6.45) is 0.392. The van der Waals surface area contributed by atoms with Crippen LogP contribution in [0.3, 0.4) is 0 Å². The third-order valence-electron chi connectivity index (χ3n) is 6.69. The lowest BCUT2D eigenvalue weighted by Crippen LogP contribution is -2.28. The van der Waals surface area contributed by atoms with E-state index in [-0.39, 0.29) is 23.2 Å². The van der Waals surface area contributed by atoms with Crippen molar-refractivity contribution in [3.63, 3.8) is 0 Å². The number of likely N-dealkylation sites (N-methyl/N-ethyl adjacent to an activating group) is 1. The molecule has 2 atom stereocenters. The van der Waals surface area contributed by atoms with Crippen LogP contribution in [0.1, 0.15) is 52.6 Å². The van der Waals surface area contributed by atoms with E-state index in [4.69, 9.17) is 26.4 Å². The molecule has 1 heterocycles. The maximum Gasteiger partial charge on any atom is 0.348 e. The Morgan fingerprint density at radius 3 is 2.43 bits per heavy atom. The summed E-state index contributed by atoms with van der Waals surface area (Å²) in [7, 11) is 3.98. The number of nitrogen functional groups attached to an aromatic ring is 1. The van der Waals surface area contributed by atoms with Crippen molar-refractivity contribution in [1.29, 1.82) is 5.41 Å². The van der Waals surface area contributed by atoms with Crippen LogP contribution in [0, 0.1) is 5.41 Å². The number of hydrogen-bond acceptors (Lipinski definition) is 7. The Bertz CT molecular complexity index is 1610. The Balaban J connectivity index is 1.79. The third kappa shape index (κ3) is 7.05. The van der Waals surface area contributed by atoms with Crippen LogP contribution in [0.2, 0.25) is 0 Å². The predicted octanol–water partition coefficient (Wildman–Crippen LogP) is 3.05. The highest BCUT2D eigenvalue weighted by Crippen LogP contribution is 2.35. The normalized spacial score (nSPS) is 12.6. The zero-order chi connectivity index (χ0) is 30.4. The maximum atomic E-state index is 13.2.